The van der Waals surface area contributed by atoms with E-state index in [1.165, 1.54) is 0 Å². The summed E-state index contributed by atoms with van der Waals surface area (Å²) in [5, 5.41) is 8.17. The summed E-state index contributed by atoms with van der Waals surface area (Å²) in [4.78, 5) is 10.1. The summed E-state index contributed by atoms with van der Waals surface area (Å²) in [5.74, 6) is 5.68. The molecule has 0 aliphatic carbocycles. The Kier molecular flexibility index (Phi) is 2.51. The number of rotatable bonds is 1. The Hall–Kier alpha value is -2.08. The van der Waals surface area contributed by atoms with Crippen LogP contribution in [-0.2, 0) is 4.79 Å². The van der Waals surface area contributed by atoms with Crippen molar-refractivity contribution in [1.82, 2.24) is 10.2 Å². The van der Waals surface area contributed by atoms with Gasteiger partial charge in [0, 0.05) is 16.6 Å². The number of hydrogen-bond acceptors (Lipinski definition) is 2. The minimum atomic E-state index is 0.275. The van der Waals surface area contributed by atoms with Gasteiger partial charge in [-0.3, -0.25) is 5.10 Å². The summed E-state index contributed by atoms with van der Waals surface area (Å²) in [6.45, 7) is 1.98. The molecule has 74 valence electrons. The topological polar surface area (TPSA) is 45.8 Å². The van der Waals surface area contributed by atoms with Crippen molar-refractivity contribution >= 4 is 17.2 Å². The van der Waals surface area contributed by atoms with Crippen molar-refractivity contribution in [2.75, 3.05) is 0 Å². The van der Waals surface area contributed by atoms with Crippen molar-refractivity contribution in [3.05, 3.63) is 29.5 Å². The zero-order valence-electron chi connectivity index (χ0n) is 8.37. The number of aryl methyl sites for hydroxylation is 1. The minimum Gasteiger partial charge on any atom is -0.302 e. The van der Waals surface area contributed by atoms with Gasteiger partial charge in [-0.15, -0.1) is 0 Å². The molecule has 1 heterocycles. The van der Waals surface area contributed by atoms with E-state index in [0.717, 1.165) is 28.4 Å². The Balaban J connectivity index is 2.40. The Morgan fingerprint density at radius 1 is 1.53 bits per heavy atom. The molecule has 2 aromatic rings. The van der Waals surface area contributed by atoms with Crippen molar-refractivity contribution in [2.45, 2.75) is 13.3 Å². The van der Waals surface area contributed by atoms with E-state index < -0.39 is 0 Å². The normalized spacial score (nSPS) is 9.67. The number of aldehydes is 1. The largest absolute Gasteiger partial charge is 0.302 e. The molecule has 0 unspecified atom stereocenters. The number of fused-ring (bicyclic) bond motifs is 1. The van der Waals surface area contributed by atoms with Crippen molar-refractivity contribution in [1.29, 1.82) is 0 Å². The van der Waals surface area contributed by atoms with Crippen molar-refractivity contribution in [3.8, 4) is 11.8 Å². The molecule has 15 heavy (non-hydrogen) atoms. The number of carbonyl (C=O) groups is 1. The molecule has 0 saturated heterocycles. The quantitative estimate of drug-likeness (QED) is 0.561. The molecule has 0 fully saturated rings. The molecular weight excluding hydrogens is 188 g/mol. The summed E-state index contributed by atoms with van der Waals surface area (Å²) in [6.07, 6.45) is 1.07. The standard InChI is InChI=1S/C12H10N2O/c1-9-11-6-5-10(4-2-3-7-15)8-12(11)14-13-9/h5-8H,3H2,1H3,(H,13,14). The lowest BCUT2D eigenvalue weighted by molar-refractivity contribution is -0.107. The van der Waals surface area contributed by atoms with E-state index in [0.29, 0.717) is 0 Å². The van der Waals surface area contributed by atoms with E-state index in [9.17, 15) is 4.79 Å². The van der Waals surface area contributed by atoms with E-state index >= 15 is 0 Å². The molecule has 0 amide bonds. The molecule has 3 heteroatoms. The molecule has 1 aromatic heterocycles. The van der Waals surface area contributed by atoms with Gasteiger partial charge in [-0.05, 0) is 25.1 Å². The van der Waals surface area contributed by atoms with Gasteiger partial charge in [-0.25, -0.2) is 0 Å². The monoisotopic (exact) mass is 198 g/mol. The first kappa shape index (κ1) is 9.47. The highest BCUT2D eigenvalue weighted by atomic mass is 16.1. The Bertz CT molecular complexity index is 558. The molecule has 0 radical (unpaired) electrons. The van der Waals surface area contributed by atoms with E-state index in [1.807, 2.05) is 25.1 Å². The van der Waals surface area contributed by atoms with E-state index in [1.54, 1.807) is 0 Å². The summed E-state index contributed by atoms with van der Waals surface area (Å²) < 4.78 is 0. The van der Waals surface area contributed by atoms with Crippen LogP contribution in [0.1, 0.15) is 17.7 Å². The molecule has 3 nitrogen and oxygen atoms in total. The van der Waals surface area contributed by atoms with Gasteiger partial charge in [0.05, 0.1) is 11.9 Å². The van der Waals surface area contributed by atoms with Crippen LogP contribution in [0.3, 0.4) is 0 Å². The van der Waals surface area contributed by atoms with Crippen LogP contribution in [0, 0.1) is 18.8 Å². The van der Waals surface area contributed by atoms with E-state index in [-0.39, 0.29) is 6.42 Å². The third kappa shape index (κ3) is 1.89. The fourth-order valence-electron chi connectivity index (χ4n) is 1.42. The van der Waals surface area contributed by atoms with Crippen LogP contribution in [-0.4, -0.2) is 16.5 Å². The summed E-state index contributed by atoms with van der Waals surface area (Å²) in [7, 11) is 0. The highest BCUT2D eigenvalue weighted by Crippen LogP contribution is 2.15. The first-order valence-electron chi connectivity index (χ1n) is 4.68. The van der Waals surface area contributed by atoms with Crippen LogP contribution >= 0.6 is 0 Å². The fourth-order valence-corrected chi connectivity index (χ4v) is 1.42. The van der Waals surface area contributed by atoms with E-state index in [2.05, 4.69) is 22.0 Å². The number of aromatic nitrogens is 2. The lowest BCUT2D eigenvalue weighted by Crippen LogP contribution is -1.76. The molecule has 1 aromatic carbocycles. The second-order valence-electron chi connectivity index (χ2n) is 3.25. The number of aromatic amines is 1. The average molecular weight is 198 g/mol. The van der Waals surface area contributed by atoms with Gasteiger partial charge in [0.2, 0.25) is 0 Å². The van der Waals surface area contributed by atoms with Crippen LogP contribution < -0.4 is 0 Å². The lowest BCUT2D eigenvalue weighted by Gasteiger charge is -1.90. The Morgan fingerprint density at radius 3 is 3.20 bits per heavy atom. The fraction of sp³-hybridized carbons (Fsp3) is 0.167. The first-order chi connectivity index (χ1) is 7.31. The smallest absolute Gasteiger partial charge is 0.131 e. The number of nitrogens with zero attached hydrogens (tertiary/aromatic N) is 1. The molecule has 0 bridgehead atoms. The van der Waals surface area contributed by atoms with Crippen LogP contribution in [0.4, 0.5) is 0 Å². The van der Waals surface area contributed by atoms with Gasteiger partial charge in [-0.1, -0.05) is 11.8 Å². The van der Waals surface area contributed by atoms with Gasteiger partial charge in [0.25, 0.3) is 0 Å². The third-order valence-corrected chi connectivity index (χ3v) is 2.16. The summed E-state index contributed by atoms with van der Waals surface area (Å²) >= 11 is 0. The second kappa shape index (κ2) is 3.97. The van der Waals surface area contributed by atoms with Gasteiger partial charge in [-0.2, -0.15) is 5.10 Å². The van der Waals surface area contributed by atoms with Gasteiger partial charge < -0.3 is 4.79 Å². The minimum absolute atomic E-state index is 0.275. The maximum atomic E-state index is 10.1. The first-order valence-corrected chi connectivity index (χ1v) is 4.68. The number of carbonyl (C=O) groups excluding carboxylic acids is 1. The highest BCUT2D eigenvalue weighted by molar-refractivity contribution is 5.82. The molecule has 0 atom stereocenters. The molecule has 0 spiro atoms. The number of benzene rings is 1. The lowest BCUT2D eigenvalue weighted by atomic mass is 10.1. The molecule has 0 aliphatic rings. The van der Waals surface area contributed by atoms with Crippen LogP contribution in [0.5, 0.6) is 0 Å². The molecular formula is C12H10N2O. The van der Waals surface area contributed by atoms with Crippen LogP contribution in [0.2, 0.25) is 0 Å². The molecule has 2 rings (SSSR count). The second-order valence-corrected chi connectivity index (χ2v) is 3.25. The third-order valence-electron chi connectivity index (χ3n) is 2.16. The summed E-state index contributed by atoms with van der Waals surface area (Å²) in [6, 6.07) is 5.83. The van der Waals surface area contributed by atoms with E-state index in [4.69, 9.17) is 0 Å². The Labute approximate surface area is 87.5 Å². The predicted molar refractivity (Wildman–Crippen MR) is 58.4 cm³/mol. The molecule has 1 N–H and O–H groups in total. The predicted octanol–water partition coefficient (Wildman–Crippen LogP) is 1.81. The zero-order chi connectivity index (χ0) is 10.7. The number of hydrogen-bond donors (Lipinski definition) is 1. The van der Waals surface area contributed by atoms with Gasteiger partial charge >= 0.3 is 0 Å². The van der Waals surface area contributed by atoms with Crippen molar-refractivity contribution in [3.63, 3.8) is 0 Å². The Morgan fingerprint density at radius 2 is 2.40 bits per heavy atom. The van der Waals surface area contributed by atoms with Crippen LogP contribution in [0.15, 0.2) is 18.2 Å². The molecule has 0 saturated carbocycles. The average Bonchev–Trinajstić information content (AvgIpc) is 2.61. The maximum absolute atomic E-state index is 10.1. The van der Waals surface area contributed by atoms with Crippen LogP contribution in [0.25, 0.3) is 10.9 Å². The zero-order valence-corrected chi connectivity index (χ0v) is 8.37. The van der Waals surface area contributed by atoms with Gasteiger partial charge in [0.1, 0.15) is 6.29 Å². The van der Waals surface area contributed by atoms with Crippen molar-refractivity contribution in [2.24, 2.45) is 0 Å². The maximum Gasteiger partial charge on any atom is 0.131 e. The van der Waals surface area contributed by atoms with Gasteiger partial charge in [0.15, 0.2) is 0 Å². The number of nitrogens with one attached hydrogen (secondary N) is 1. The SMILES string of the molecule is Cc1[nH]nc2cc(C#CCC=O)ccc12. The highest BCUT2D eigenvalue weighted by Gasteiger charge is 2.00. The number of H-pyrrole nitrogens is 1. The molecule has 0 aliphatic heterocycles. The van der Waals surface area contributed by atoms with Crippen molar-refractivity contribution < 1.29 is 4.79 Å². The summed E-state index contributed by atoms with van der Waals surface area (Å²) in [5.41, 5.74) is 2.85.